The molecule has 1 aliphatic rings. The molecule has 2 amide bonds. The minimum absolute atomic E-state index is 0.00565. The number of anilines is 1. The maximum absolute atomic E-state index is 12.4. The molecule has 1 saturated heterocycles. The van der Waals surface area contributed by atoms with Crippen LogP contribution in [0.25, 0.3) is 0 Å². The van der Waals surface area contributed by atoms with E-state index in [0.29, 0.717) is 19.4 Å². The fourth-order valence-corrected chi connectivity index (χ4v) is 2.19. The zero-order chi connectivity index (χ0) is 13.0. The molecule has 4 nitrogen and oxygen atoms in total. The summed E-state index contributed by atoms with van der Waals surface area (Å²) in [5.74, 6) is -0.0471. The molecule has 1 fully saturated rings. The lowest BCUT2D eigenvalue weighted by molar-refractivity contribution is -0.125. The molecule has 2 rings (SSSR count). The molecule has 4 heteroatoms. The first-order valence-corrected chi connectivity index (χ1v) is 6.38. The van der Waals surface area contributed by atoms with Gasteiger partial charge in [-0.3, -0.25) is 9.59 Å². The van der Waals surface area contributed by atoms with Crippen molar-refractivity contribution in [3.8, 4) is 0 Å². The van der Waals surface area contributed by atoms with Crippen molar-refractivity contribution in [2.75, 3.05) is 11.4 Å². The fourth-order valence-electron chi connectivity index (χ4n) is 2.19. The minimum atomic E-state index is -0.384. The van der Waals surface area contributed by atoms with E-state index in [1.807, 2.05) is 37.3 Å². The molecule has 0 aromatic heterocycles. The van der Waals surface area contributed by atoms with Crippen molar-refractivity contribution in [1.29, 1.82) is 0 Å². The topological polar surface area (TPSA) is 49.4 Å². The smallest absolute Gasteiger partial charge is 0.249 e. The highest BCUT2D eigenvalue weighted by Crippen LogP contribution is 2.18. The van der Waals surface area contributed by atoms with E-state index in [1.54, 1.807) is 4.90 Å². The van der Waals surface area contributed by atoms with E-state index >= 15 is 0 Å². The fraction of sp³-hybridized carbons (Fsp3) is 0.429. The standard InChI is InChI=1S/C14H18N2O2/c1-2-6-12-14(18)16(10-9-13(17)15-12)11-7-4-3-5-8-11/h3-5,7-8,12H,2,6,9-10H2,1H3,(H,15,17). The van der Waals surface area contributed by atoms with Crippen molar-refractivity contribution in [3.63, 3.8) is 0 Å². The molecule has 96 valence electrons. The number of carbonyl (C=O) groups excluding carboxylic acids is 2. The van der Waals surface area contributed by atoms with Gasteiger partial charge < -0.3 is 10.2 Å². The lowest BCUT2D eigenvalue weighted by Gasteiger charge is -2.23. The predicted octanol–water partition coefficient (Wildman–Crippen LogP) is 1.71. The molecule has 0 radical (unpaired) electrons. The summed E-state index contributed by atoms with van der Waals surface area (Å²) in [4.78, 5) is 25.7. The van der Waals surface area contributed by atoms with Gasteiger partial charge in [0.1, 0.15) is 6.04 Å². The van der Waals surface area contributed by atoms with Gasteiger partial charge in [0.15, 0.2) is 0 Å². The van der Waals surface area contributed by atoms with Crippen LogP contribution >= 0.6 is 0 Å². The number of rotatable bonds is 3. The summed E-state index contributed by atoms with van der Waals surface area (Å²) in [6.45, 7) is 2.46. The van der Waals surface area contributed by atoms with Crippen molar-refractivity contribution >= 4 is 17.5 Å². The Balaban J connectivity index is 2.24. The van der Waals surface area contributed by atoms with Crippen LogP contribution in [0.15, 0.2) is 30.3 Å². The quantitative estimate of drug-likeness (QED) is 0.882. The van der Waals surface area contributed by atoms with Crippen LogP contribution in [0, 0.1) is 0 Å². The maximum atomic E-state index is 12.4. The van der Waals surface area contributed by atoms with Gasteiger partial charge in [-0.1, -0.05) is 31.5 Å². The zero-order valence-corrected chi connectivity index (χ0v) is 10.6. The first-order chi connectivity index (χ1) is 8.72. The Morgan fingerprint density at radius 3 is 2.67 bits per heavy atom. The van der Waals surface area contributed by atoms with Crippen LogP contribution in [-0.4, -0.2) is 24.4 Å². The van der Waals surface area contributed by atoms with E-state index in [2.05, 4.69) is 5.32 Å². The summed E-state index contributed by atoms with van der Waals surface area (Å²) in [5, 5.41) is 2.80. The lowest BCUT2D eigenvalue weighted by atomic mass is 10.1. The Morgan fingerprint density at radius 2 is 2.00 bits per heavy atom. The Kier molecular flexibility index (Phi) is 3.97. The Morgan fingerprint density at radius 1 is 1.28 bits per heavy atom. The second kappa shape index (κ2) is 5.67. The molecule has 1 aromatic rings. The number of hydrogen-bond acceptors (Lipinski definition) is 2. The number of hydrogen-bond donors (Lipinski definition) is 1. The van der Waals surface area contributed by atoms with Crippen molar-refractivity contribution in [3.05, 3.63) is 30.3 Å². The van der Waals surface area contributed by atoms with Gasteiger partial charge in [0.2, 0.25) is 11.8 Å². The van der Waals surface area contributed by atoms with Gasteiger partial charge in [0.25, 0.3) is 0 Å². The summed E-state index contributed by atoms with van der Waals surface area (Å²) in [6, 6.07) is 9.13. The number of nitrogens with zero attached hydrogens (tertiary/aromatic N) is 1. The summed E-state index contributed by atoms with van der Waals surface area (Å²) < 4.78 is 0. The second-order valence-corrected chi connectivity index (χ2v) is 4.48. The van der Waals surface area contributed by atoms with Crippen molar-refractivity contribution in [1.82, 2.24) is 5.32 Å². The van der Waals surface area contributed by atoms with E-state index in [0.717, 1.165) is 12.1 Å². The van der Waals surface area contributed by atoms with Crippen LogP contribution in [0.3, 0.4) is 0 Å². The van der Waals surface area contributed by atoms with Gasteiger partial charge in [0, 0.05) is 18.7 Å². The van der Waals surface area contributed by atoms with Gasteiger partial charge in [0.05, 0.1) is 0 Å². The van der Waals surface area contributed by atoms with Crippen LogP contribution in [0.5, 0.6) is 0 Å². The SMILES string of the molecule is CCCC1NC(=O)CCN(c2ccccc2)C1=O. The molecular formula is C14H18N2O2. The molecular weight excluding hydrogens is 228 g/mol. The zero-order valence-electron chi connectivity index (χ0n) is 10.6. The summed E-state index contributed by atoms with van der Waals surface area (Å²) in [5.41, 5.74) is 0.861. The number of para-hydroxylation sites is 1. The molecule has 0 spiro atoms. The molecule has 1 aromatic carbocycles. The summed E-state index contributed by atoms with van der Waals surface area (Å²) >= 11 is 0. The van der Waals surface area contributed by atoms with Crippen LogP contribution in [-0.2, 0) is 9.59 Å². The Hall–Kier alpha value is -1.84. The third kappa shape index (κ3) is 2.70. The summed E-state index contributed by atoms with van der Waals surface area (Å²) in [6.07, 6.45) is 1.92. The first-order valence-electron chi connectivity index (χ1n) is 6.38. The molecule has 18 heavy (non-hydrogen) atoms. The predicted molar refractivity (Wildman–Crippen MR) is 70.3 cm³/mol. The van der Waals surface area contributed by atoms with Gasteiger partial charge in [-0.25, -0.2) is 0 Å². The molecule has 1 atom stereocenters. The third-order valence-corrected chi connectivity index (χ3v) is 3.11. The third-order valence-electron chi connectivity index (χ3n) is 3.11. The highest BCUT2D eigenvalue weighted by Gasteiger charge is 2.29. The van der Waals surface area contributed by atoms with E-state index < -0.39 is 0 Å². The van der Waals surface area contributed by atoms with Crippen LogP contribution in [0.4, 0.5) is 5.69 Å². The molecule has 0 bridgehead atoms. The molecule has 0 aliphatic carbocycles. The monoisotopic (exact) mass is 246 g/mol. The van der Waals surface area contributed by atoms with E-state index in [1.165, 1.54) is 0 Å². The first kappa shape index (κ1) is 12.6. The Labute approximate surface area is 107 Å². The van der Waals surface area contributed by atoms with Gasteiger partial charge >= 0.3 is 0 Å². The van der Waals surface area contributed by atoms with Crippen LogP contribution in [0.2, 0.25) is 0 Å². The van der Waals surface area contributed by atoms with Crippen LogP contribution in [0.1, 0.15) is 26.2 Å². The molecule has 1 aliphatic heterocycles. The van der Waals surface area contributed by atoms with Crippen molar-refractivity contribution in [2.24, 2.45) is 0 Å². The summed E-state index contributed by atoms with van der Waals surface area (Å²) in [7, 11) is 0. The average Bonchev–Trinajstić information content (AvgIpc) is 2.52. The van der Waals surface area contributed by atoms with Crippen LogP contribution < -0.4 is 10.2 Å². The molecule has 0 saturated carbocycles. The largest absolute Gasteiger partial charge is 0.344 e. The number of benzene rings is 1. The lowest BCUT2D eigenvalue weighted by Crippen LogP contribution is -2.44. The molecule has 1 unspecified atom stereocenters. The van der Waals surface area contributed by atoms with Crippen molar-refractivity contribution in [2.45, 2.75) is 32.2 Å². The second-order valence-electron chi connectivity index (χ2n) is 4.48. The van der Waals surface area contributed by atoms with Crippen molar-refractivity contribution < 1.29 is 9.59 Å². The van der Waals surface area contributed by atoms with E-state index in [9.17, 15) is 9.59 Å². The minimum Gasteiger partial charge on any atom is -0.344 e. The molecule has 1 heterocycles. The van der Waals surface area contributed by atoms with Gasteiger partial charge in [-0.15, -0.1) is 0 Å². The average molecular weight is 246 g/mol. The highest BCUT2D eigenvalue weighted by atomic mass is 16.2. The normalized spacial score (nSPS) is 20.5. The van der Waals surface area contributed by atoms with E-state index in [-0.39, 0.29) is 17.9 Å². The van der Waals surface area contributed by atoms with E-state index in [4.69, 9.17) is 0 Å². The molecule has 1 N–H and O–H groups in total. The maximum Gasteiger partial charge on any atom is 0.249 e. The number of carbonyl (C=O) groups is 2. The highest BCUT2D eigenvalue weighted by molar-refractivity contribution is 6.01. The number of nitrogens with one attached hydrogen (secondary N) is 1. The Bertz CT molecular complexity index is 431. The van der Waals surface area contributed by atoms with Gasteiger partial charge in [-0.05, 0) is 18.6 Å². The van der Waals surface area contributed by atoms with Gasteiger partial charge in [-0.2, -0.15) is 0 Å². The number of amides is 2.